The van der Waals surface area contributed by atoms with Crippen LogP contribution in [0.5, 0.6) is 5.75 Å². The average molecular weight is 442 g/mol. The average Bonchev–Trinajstić information content (AvgIpc) is 3.35. The van der Waals surface area contributed by atoms with Crippen LogP contribution in [-0.4, -0.2) is 41.4 Å². The molecule has 0 bridgehead atoms. The molecule has 2 amide bonds. The Hall–Kier alpha value is -3.13. The number of amides is 2. The second kappa shape index (κ2) is 9.34. The minimum absolute atomic E-state index is 0.154. The number of anilines is 1. The fourth-order valence-corrected chi connectivity index (χ4v) is 4.58. The van der Waals surface area contributed by atoms with E-state index >= 15 is 0 Å². The van der Waals surface area contributed by atoms with Crippen LogP contribution in [0.25, 0.3) is 10.8 Å². The van der Waals surface area contributed by atoms with Crippen molar-refractivity contribution in [1.29, 1.82) is 0 Å². The first kappa shape index (κ1) is 22.6. The van der Waals surface area contributed by atoms with E-state index in [1.165, 1.54) is 17.6 Å². The third-order valence-corrected chi connectivity index (χ3v) is 6.24. The van der Waals surface area contributed by atoms with Gasteiger partial charge in [-0.25, -0.2) is 4.98 Å². The van der Waals surface area contributed by atoms with Gasteiger partial charge < -0.3 is 19.4 Å². The summed E-state index contributed by atoms with van der Waals surface area (Å²) in [7, 11) is 1.64. The summed E-state index contributed by atoms with van der Waals surface area (Å²) in [5.41, 5.74) is 1.78. The molecule has 0 saturated heterocycles. The molecule has 3 aromatic rings. The number of nitrogens with one attached hydrogen (secondary N) is 1. The summed E-state index contributed by atoms with van der Waals surface area (Å²) in [6.45, 7) is 8.33. The SMILES string of the molecule is COc1ccccc1CCN(C(=O)c1c(NC=O)sc(-c2ncco2)c1C)C(C)(C)C. The molecule has 3 rings (SSSR count). The molecule has 2 heterocycles. The Morgan fingerprint density at radius 2 is 2.06 bits per heavy atom. The molecule has 0 aliphatic carbocycles. The van der Waals surface area contributed by atoms with E-state index in [2.05, 4.69) is 10.3 Å². The number of oxazole rings is 1. The maximum Gasteiger partial charge on any atom is 0.257 e. The zero-order valence-electron chi connectivity index (χ0n) is 18.4. The van der Waals surface area contributed by atoms with Crippen molar-refractivity contribution in [3.63, 3.8) is 0 Å². The van der Waals surface area contributed by atoms with E-state index in [1.54, 1.807) is 13.3 Å². The Balaban J connectivity index is 1.97. The van der Waals surface area contributed by atoms with Crippen molar-refractivity contribution in [3.05, 3.63) is 53.4 Å². The number of benzene rings is 1. The lowest BCUT2D eigenvalue weighted by molar-refractivity contribution is -0.105. The lowest BCUT2D eigenvalue weighted by Crippen LogP contribution is -2.47. The van der Waals surface area contributed by atoms with Gasteiger partial charge in [0.1, 0.15) is 17.0 Å². The van der Waals surface area contributed by atoms with Crippen molar-refractivity contribution in [2.75, 3.05) is 19.0 Å². The van der Waals surface area contributed by atoms with Gasteiger partial charge in [-0.3, -0.25) is 9.59 Å². The molecule has 31 heavy (non-hydrogen) atoms. The van der Waals surface area contributed by atoms with Crippen LogP contribution in [0, 0.1) is 6.92 Å². The molecule has 1 N–H and O–H groups in total. The lowest BCUT2D eigenvalue weighted by Gasteiger charge is -2.36. The van der Waals surface area contributed by atoms with E-state index in [0.29, 0.717) is 35.8 Å². The number of carbonyl (C=O) groups excluding carboxylic acids is 2. The standard InChI is InChI=1S/C23H27N3O4S/c1-15-18(21(25-14-27)31-19(15)20-24-11-13-30-20)22(28)26(23(2,3)4)12-10-16-8-6-7-9-17(16)29-5/h6-9,11,13-14H,10,12H2,1-5H3,(H,25,27). The zero-order valence-corrected chi connectivity index (χ0v) is 19.2. The van der Waals surface area contributed by atoms with Gasteiger partial charge in [0.2, 0.25) is 12.3 Å². The summed E-state index contributed by atoms with van der Waals surface area (Å²) < 4.78 is 10.9. The Labute approximate surface area is 186 Å². The van der Waals surface area contributed by atoms with Gasteiger partial charge in [-0.1, -0.05) is 18.2 Å². The molecule has 0 unspecified atom stereocenters. The highest BCUT2D eigenvalue weighted by atomic mass is 32.1. The summed E-state index contributed by atoms with van der Waals surface area (Å²) in [5, 5.41) is 3.16. The van der Waals surface area contributed by atoms with Gasteiger partial charge in [0, 0.05) is 12.1 Å². The molecule has 0 aliphatic rings. The summed E-state index contributed by atoms with van der Waals surface area (Å²) in [4.78, 5) is 31.7. The van der Waals surface area contributed by atoms with Gasteiger partial charge in [-0.15, -0.1) is 11.3 Å². The van der Waals surface area contributed by atoms with E-state index in [9.17, 15) is 9.59 Å². The Kier molecular flexibility index (Phi) is 6.80. The number of methoxy groups -OCH3 is 1. The van der Waals surface area contributed by atoms with Crippen LogP contribution in [0.1, 0.15) is 42.3 Å². The number of ether oxygens (including phenoxy) is 1. The number of hydrogen-bond donors (Lipinski definition) is 1. The fraction of sp³-hybridized carbons (Fsp3) is 0.348. The summed E-state index contributed by atoms with van der Waals surface area (Å²) in [5.74, 6) is 1.06. The number of hydrogen-bond acceptors (Lipinski definition) is 6. The van der Waals surface area contributed by atoms with Crippen molar-refractivity contribution < 1.29 is 18.7 Å². The van der Waals surface area contributed by atoms with Crippen molar-refractivity contribution in [2.24, 2.45) is 0 Å². The van der Waals surface area contributed by atoms with Crippen LogP contribution in [0.4, 0.5) is 5.00 Å². The molecule has 1 aromatic carbocycles. The van der Waals surface area contributed by atoms with Crippen LogP contribution in [-0.2, 0) is 11.2 Å². The Morgan fingerprint density at radius 1 is 1.32 bits per heavy atom. The molecule has 0 spiro atoms. The molecule has 0 saturated carbocycles. The quantitative estimate of drug-likeness (QED) is 0.509. The fourth-order valence-electron chi connectivity index (χ4n) is 3.48. The summed E-state index contributed by atoms with van der Waals surface area (Å²) in [6.07, 6.45) is 4.26. The molecule has 0 atom stereocenters. The van der Waals surface area contributed by atoms with Crippen molar-refractivity contribution in [3.8, 4) is 16.5 Å². The molecule has 0 fully saturated rings. The minimum Gasteiger partial charge on any atom is -0.496 e. The van der Waals surface area contributed by atoms with Crippen LogP contribution in [0.15, 0.2) is 41.1 Å². The van der Waals surface area contributed by atoms with E-state index < -0.39 is 5.54 Å². The smallest absolute Gasteiger partial charge is 0.257 e. The third kappa shape index (κ3) is 4.80. The predicted octanol–water partition coefficient (Wildman–Crippen LogP) is 4.77. The minimum atomic E-state index is -0.435. The number of aromatic nitrogens is 1. The third-order valence-electron chi connectivity index (χ3n) is 5.03. The number of rotatable bonds is 8. The van der Waals surface area contributed by atoms with Gasteiger partial charge in [0.05, 0.1) is 23.7 Å². The first-order valence-electron chi connectivity index (χ1n) is 9.95. The molecule has 2 aromatic heterocycles. The Bertz CT molecular complexity index is 1050. The molecule has 0 aliphatic heterocycles. The van der Waals surface area contributed by atoms with Crippen LogP contribution < -0.4 is 10.1 Å². The van der Waals surface area contributed by atoms with Crippen LogP contribution in [0.3, 0.4) is 0 Å². The molecule has 8 heteroatoms. The van der Waals surface area contributed by atoms with Gasteiger partial charge in [-0.2, -0.15) is 0 Å². The lowest BCUT2D eigenvalue weighted by atomic mass is 10.0. The first-order valence-corrected chi connectivity index (χ1v) is 10.8. The van der Waals surface area contributed by atoms with Crippen molar-refractivity contribution >= 4 is 28.7 Å². The van der Waals surface area contributed by atoms with E-state index in [0.717, 1.165) is 21.8 Å². The summed E-state index contributed by atoms with van der Waals surface area (Å²) in [6, 6.07) is 7.79. The molecule has 164 valence electrons. The highest BCUT2D eigenvalue weighted by molar-refractivity contribution is 7.20. The maximum atomic E-state index is 13.8. The zero-order chi connectivity index (χ0) is 22.6. The largest absolute Gasteiger partial charge is 0.496 e. The predicted molar refractivity (Wildman–Crippen MR) is 122 cm³/mol. The van der Waals surface area contributed by atoms with Gasteiger partial charge in [0.25, 0.3) is 5.91 Å². The van der Waals surface area contributed by atoms with E-state index in [-0.39, 0.29) is 5.91 Å². The molecular weight excluding hydrogens is 414 g/mol. The molecule has 0 radical (unpaired) electrons. The van der Waals surface area contributed by atoms with Crippen molar-refractivity contribution in [2.45, 2.75) is 39.7 Å². The topological polar surface area (TPSA) is 84.7 Å². The van der Waals surface area contributed by atoms with Crippen molar-refractivity contribution in [1.82, 2.24) is 9.88 Å². The maximum absolute atomic E-state index is 13.8. The highest BCUT2D eigenvalue weighted by Gasteiger charge is 2.32. The van der Waals surface area contributed by atoms with E-state index in [4.69, 9.17) is 9.15 Å². The van der Waals surface area contributed by atoms with E-state index in [1.807, 2.05) is 56.9 Å². The molecule has 7 nitrogen and oxygen atoms in total. The number of para-hydroxylation sites is 1. The second-order valence-corrected chi connectivity index (χ2v) is 9.07. The Morgan fingerprint density at radius 3 is 2.68 bits per heavy atom. The van der Waals surface area contributed by atoms with Gasteiger partial charge in [0.15, 0.2) is 0 Å². The molecular formula is C23H27N3O4S. The first-order chi connectivity index (χ1) is 14.8. The van der Waals surface area contributed by atoms with Crippen LogP contribution >= 0.6 is 11.3 Å². The monoisotopic (exact) mass is 441 g/mol. The summed E-state index contributed by atoms with van der Waals surface area (Å²) >= 11 is 1.28. The normalized spacial score (nSPS) is 11.3. The van der Waals surface area contributed by atoms with Gasteiger partial charge in [-0.05, 0) is 51.3 Å². The van der Waals surface area contributed by atoms with Gasteiger partial charge >= 0.3 is 0 Å². The van der Waals surface area contributed by atoms with Crippen LogP contribution in [0.2, 0.25) is 0 Å². The second-order valence-electron chi connectivity index (χ2n) is 8.05. The number of thiophene rings is 1. The number of nitrogens with zero attached hydrogens (tertiary/aromatic N) is 2. The number of carbonyl (C=O) groups is 2. The highest BCUT2D eigenvalue weighted by Crippen LogP contribution is 2.40.